The van der Waals surface area contributed by atoms with E-state index in [9.17, 15) is 14.7 Å². The number of aliphatic hydroxyl groups excluding tert-OH is 1. The number of likely N-dealkylation sites (tertiary alicyclic amines) is 1. The minimum atomic E-state index is -0.315. The highest BCUT2D eigenvalue weighted by Crippen LogP contribution is 2.21. The molecule has 2 saturated heterocycles. The first-order valence-electron chi connectivity index (χ1n) is 6.75. The van der Waals surface area contributed by atoms with Crippen molar-refractivity contribution in [2.75, 3.05) is 32.8 Å². The second kappa shape index (κ2) is 5.56. The van der Waals surface area contributed by atoms with Crippen molar-refractivity contribution in [3.8, 4) is 0 Å². The van der Waals surface area contributed by atoms with E-state index in [4.69, 9.17) is 4.74 Å². The fraction of sp³-hybridized carbons (Fsp3) is 0.846. The first kappa shape index (κ1) is 14.4. The van der Waals surface area contributed by atoms with Crippen LogP contribution in [0.2, 0.25) is 0 Å². The summed E-state index contributed by atoms with van der Waals surface area (Å²) in [6, 6.07) is 0. The Hall–Kier alpha value is -0.980. The summed E-state index contributed by atoms with van der Waals surface area (Å²) in [6.45, 7) is 6.39. The smallest absolute Gasteiger partial charge is 0.229 e. The second-order valence-corrected chi connectivity index (χ2v) is 5.86. The van der Waals surface area contributed by atoms with Gasteiger partial charge in [0.25, 0.3) is 0 Å². The highest BCUT2D eigenvalue weighted by atomic mass is 16.5. The number of carbonyl (C=O) groups is 2. The molecule has 1 N–H and O–H groups in total. The van der Waals surface area contributed by atoms with Crippen LogP contribution in [0.5, 0.6) is 0 Å². The minimum absolute atomic E-state index is 0.0124. The zero-order chi connectivity index (χ0) is 14.0. The van der Waals surface area contributed by atoms with E-state index in [2.05, 4.69) is 4.90 Å². The zero-order valence-electron chi connectivity index (χ0n) is 11.6. The highest BCUT2D eigenvalue weighted by molar-refractivity contribution is 6.01. The van der Waals surface area contributed by atoms with Crippen LogP contribution in [0.1, 0.15) is 26.7 Å². The van der Waals surface area contributed by atoms with E-state index < -0.39 is 0 Å². The van der Waals surface area contributed by atoms with Crippen LogP contribution >= 0.6 is 0 Å². The maximum absolute atomic E-state index is 11.5. The van der Waals surface area contributed by atoms with Crippen molar-refractivity contribution in [2.24, 2.45) is 0 Å². The molecule has 0 aromatic heterocycles. The number of morpholine rings is 1. The summed E-state index contributed by atoms with van der Waals surface area (Å²) in [6.07, 6.45) is 0.480. The van der Waals surface area contributed by atoms with Gasteiger partial charge in [0.15, 0.2) is 0 Å². The van der Waals surface area contributed by atoms with Crippen molar-refractivity contribution in [1.29, 1.82) is 0 Å². The van der Waals surface area contributed by atoms with Crippen molar-refractivity contribution in [2.45, 2.75) is 38.4 Å². The largest absolute Gasteiger partial charge is 0.394 e. The summed E-state index contributed by atoms with van der Waals surface area (Å²) in [5.41, 5.74) is -0.315. The van der Waals surface area contributed by atoms with E-state index in [1.54, 1.807) is 0 Å². The van der Waals surface area contributed by atoms with Gasteiger partial charge in [-0.1, -0.05) is 0 Å². The van der Waals surface area contributed by atoms with Crippen molar-refractivity contribution in [3.05, 3.63) is 0 Å². The van der Waals surface area contributed by atoms with E-state index >= 15 is 0 Å². The minimum Gasteiger partial charge on any atom is -0.394 e. The molecule has 0 bridgehead atoms. The van der Waals surface area contributed by atoms with Gasteiger partial charge in [0.2, 0.25) is 11.8 Å². The molecule has 2 aliphatic rings. The number of nitrogens with zero attached hydrogens (tertiary/aromatic N) is 2. The third-order valence-electron chi connectivity index (χ3n) is 3.55. The Morgan fingerprint density at radius 1 is 1.26 bits per heavy atom. The lowest BCUT2D eigenvalue weighted by atomic mass is 10.1. The third-order valence-corrected chi connectivity index (χ3v) is 3.55. The highest BCUT2D eigenvalue weighted by Gasteiger charge is 2.34. The molecule has 0 spiro atoms. The molecule has 0 saturated carbocycles. The summed E-state index contributed by atoms with van der Waals surface area (Å²) < 4.78 is 5.73. The van der Waals surface area contributed by atoms with Crippen LogP contribution in [-0.4, -0.2) is 71.2 Å². The van der Waals surface area contributed by atoms with Crippen LogP contribution in [-0.2, 0) is 14.3 Å². The van der Waals surface area contributed by atoms with Gasteiger partial charge in [-0.05, 0) is 13.8 Å². The Morgan fingerprint density at radius 2 is 1.89 bits per heavy atom. The lowest BCUT2D eigenvalue weighted by Crippen LogP contribution is -2.55. The summed E-state index contributed by atoms with van der Waals surface area (Å²) in [5, 5.41) is 9.23. The van der Waals surface area contributed by atoms with Crippen LogP contribution in [0.25, 0.3) is 0 Å². The van der Waals surface area contributed by atoms with Crippen molar-refractivity contribution >= 4 is 11.8 Å². The molecule has 1 atom stereocenters. The summed E-state index contributed by atoms with van der Waals surface area (Å²) in [5.74, 6) is -0.146. The van der Waals surface area contributed by atoms with Crippen LogP contribution in [0.3, 0.4) is 0 Å². The van der Waals surface area contributed by atoms with Gasteiger partial charge in [-0.3, -0.25) is 19.4 Å². The van der Waals surface area contributed by atoms with Gasteiger partial charge >= 0.3 is 0 Å². The molecule has 108 valence electrons. The van der Waals surface area contributed by atoms with Gasteiger partial charge in [0.05, 0.1) is 18.3 Å². The van der Waals surface area contributed by atoms with E-state index in [1.165, 1.54) is 4.90 Å². The van der Waals surface area contributed by atoms with Gasteiger partial charge in [-0.25, -0.2) is 0 Å². The standard InChI is InChI=1S/C13H22N2O4/c1-13(2)9-14(7-10(8-16)19-13)5-6-15-11(17)3-4-12(15)18/h10,16H,3-9H2,1-2H3. The number of rotatable bonds is 4. The first-order valence-corrected chi connectivity index (χ1v) is 6.75. The topological polar surface area (TPSA) is 70.1 Å². The SMILES string of the molecule is CC1(C)CN(CCN2C(=O)CCC2=O)CC(CO)O1. The number of amides is 2. The molecule has 0 aromatic rings. The molecule has 6 nitrogen and oxygen atoms in total. The number of ether oxygens (including phenoxy) is 1. The molecule has 6 heteroatoms. The van der Waals surface area contributed by atoms with E-state index in [0.717, 1.165) is 6.54 Å². The summed E-state index contributed by atoms with van der Waals surface area (Å²) in [7, 11) is 0. The maximum Gasteiger partial charge on any atom is 0.229 e. The monoisotopic (exact) mass is 270 g/mol. The van der Waals surface area contributed by atoms with Crippen molar-refractivity contribution < 1.29 is 19.4 Å². The normalized spacial score (nSPS) is 28.2. The lowest BCUT2D eigenvalue weighted by Gasteiger charge is -2.42. The van der Waals surface area contributed by atoms with Gasteiger partial charge in [-0.2, -0.15) is 0 Å². The molecule has 1 unspecified atom stereocenters. The van der Waals surface area contributed by atoms with Gasteiger partial charge in [0.1, 0.15) is 0 Å². The second-order valence-electron chi connectivity index (χ2n) is 5.86. The number of carbonyl (C=O) groups excluding carboxylic acids is 2. The number of hydrogen-bond donors (Lipinski definition) is 1. The predicted octanol–water partition coefficient (Wildman–Crippen LogP) is -0.393. The molecule has 2 fully saturated rings. The van der Waals surface area contributed by atoms with Crippen LogP contribution < -0.4 is 0 Å². The van der Waals surface area contributed by atoms with Crippen LogP contribution in [0.4, 0.5) is 0 Å². The Kier molecular flexibility index (Phi) is 4.23. The quantitative estimate of drug-likeness (QED) is 0.704. The molecule has 0 aliphatic carbocycles. The van der Waals surface area contributed by atoms with Crippen LogP contribution in [0.15, 0.2) is 0 Å². The first-order chi connectivity index (χ1) is 8.91. The molecule has 0 radical (unpaired) electrons. The molecule has 2 heterocycles. The lowest BCUT2D eigenvalue weighted by molar-refractivity contribution is -0.151. The Balaban J connectivity index is 1.88. The molecule has 0 aromatic carbocycles. The number of imide groups is 1. The predicted molar refractivity (Wildman–Crippen MR) is 68.4 cm³/mol. The maximum atomic E-state index is 11.5. The van der Waals surface area contributed by atoms with Crippen LogP contribution in [0, 0.1) is 0 Å². The average Bonchev–Trinajstić information content (AvgIpc) is 2.64. The fourth-order valence-corrected chi connectivity index (χ4v) is 2.80. The van der Waals surface area contributed by atoms with E-state index in [1.807, 2.05) is 13.8 Å². The van der Waals surface area contributed by atoms with E-state index in [0.29, 0.717) is 32.5 Å². The average molecular weight is 270 g/mol. The Morgan fingerprint density at radius 3 is 2.47 bits per heavy atom. The molecule has 2 aliphatic heterocycles. The number of aliphatic hydroxyl groups is 1. The molecule has 19 heavy (non-hydrogen) atoms. The van der Waals surface area contributed by atoms with E-state index in [-0.39, 0.29) is 30.1 Å². The third kappa shape index (κ3) is 3.52. The Bertz CT molecular complexity index is 354. The molecule has 2 amide bonds. The molecule has 2 rings (SSSR count). The van der Waals surface area contributed by atoms with Crippen molar-refractivity contribution in [3.63, 3.8) is 0 Å². The van der Waals surface area contributed by atoms with Gasteiger partial charge in [-0.15, -0.1) is 0 Å². The zero-order valence-corrected chi connectivity index (χ0v) is 11.6. The van der Waals surface area contributed by atoms with Gasteiger partial charge in [0, 0.05) is 39.0 Å². The fourth-order valence-electron chi connectivity index (χ4n) is 2.80. The summed E-state index contributed by atoms with van der Waals surface area (Å²) in [4.78, 5) is 26.5. The number of hydrogen-bond acceptors (Lipinski definition) is 5. The molecular formula is C13H22N2O4. The summed E-state index contributed by atoms with van der Waals surface area (Å²) >= 11 is 0. The Labute approximate surface area is 113 Å². The van der Waals surface area contributed by atoms with Crippen molar-refractivity contribution in [1.82, 2.24) is 9.80 Å². The van der Waals surface area contributed by atoms with Gasteiger partial charge < -0.3 is 9.84 Å². The molecular weight excluding hydrogens is 248 g/mol.